The van der Waals surface area contributed by atoms with Crippen molar-refractivity contribution in [1.29, 1.82) is 0 Å². The Morgan fingerprint density at radius 3 is 2.55 bits per heavy atom. The van der Waals surface area contributed by atoms with Crippen molar-refractivity contribution in [3.05, 3.63) is 35.4 Å². The van der Waals surface area contributed by atoms with Crippen LogP contribution in [0.5, 0.6) is 0 Å². The van der Waals surface area contributed by atoms with Crippen LogP contribution in [-0.4, -0.2) is 13.6 Å². The Bertz CT molecular complexity index is 490. The molecule has 0 amide bonds. The highest BCUT2D eigenvalue weighted by molar-refractivity contribution is 5.32. The van der Waals surface area contributed by atoms with E-state index in [4.69, 9.17) is 0 Å². The van der Waals surface area contributed by atoms with Crippen molar-refractivity contribution in [3.8, 4) is 0 Å². The first-order chi connectivity index (χ1) is 9.70. The predicted octanol–water partition coefficient (Wildman–Crippen LogP) is 3.91. The zero-order valence-electron chi connectivity index (χ0n) is 12.9. The summed E-state index contributed by atoms with van der Waals surface area (Å²) in [6.45, 7) is 3.49. The maximum Gasteiger partial charge on any atom is -0.00182 e. The standard InChI is InChI=1S/C19H27N/c1-13-4-3-5-17(6-13)19-9-14-7-15(10-19)18(12-20-2)16(8-14)11-19/h3-6,14-16,18,20H,7-12H2,1-2H3. The second-order valence-corrected chi connectivity index (χ2v) is 7.84. The Labute approximate surface area is 123 Å². The molecule has 0 aliphatic heterocycles. The van der Waals surface area contributed by atoms with Crippen LogP contribution >= 0.6 is 0 Å². The van der Waals surface area contributed by atoms with Gasteiger partial charge in [0.25, 0.3) is 0 Å². The average molecular weight is 269 g/mol. The van der Waals surface area contributed by atoms with Crippen LogP contribution in [0.15, 0.2) is 24.3 Å². The summed E-state index contributed by atoms with van der Waals surface area (Å²) in [4.78, 5) is 0. The third-order valence-electron chi connectivity index (χ3n) is 6.54. The lowest BCUT2D eigenvalue weighted by Gasteiger charge is -2.60. The quantitative estimate of drug-likeness (QED) is 0.877. The van der Waals surface area contributed by atoms with Gasteiger partial charge in [0.15, 0.2) is 0 Å². The molecular formula is C19H27N. The second kappa shape index (κ2) is 4.59. The fourth-order valence-electron chi connectivity index (χ4n) is 6.03. The van der Waals surface area contributed by atoms with Gasteiger partial charge in [0.1, 0.15) is 0 Å². The number of benzene rings is 1. The molecule has 1 N–H and O–H groups in total. The zero-order chi connectivity index (χ0) is 13.7. The van der Waals surface area contributed by atoms with Crippen molar-refractivity contribution in [2.24, 2.45) is 23.7 Å². The number of rotatable bonds is 3. The molecule has 1 heteroatoms. The van der Waals surface area contributed by atoms with Gasteiger partial charge in [-0.05, 0) is 87.3 Å². The largest absolute Gasteiger partial charge is 0.319 e. The van der Waals surface area contributed by atoms with Gasteiger partial charge < -0.3 is 5.32 Å². The fourth-order valence-corrected chi connectivity index (χ4v) is 6.03. The lowest BCUT2D eigenvalue weighted by atomic mass is 9.45. The zero-order valence-corrected chi connectivity index (χ0v) is 12.9. The third-order valence-corrected chi connectivity index (χ3v) is 6.54. The van der Waals surface area contributed by atoms with Gasteiger partial charge in [-0.2, -0.15) is 0 Å². The first kappa shape index (κ1) is 12.9. The molecular weight excluding hydrogens is 242 g/mol. The summed E-state index contributed by atoms with van der Waals surface area (Å²) in [5, 5.41) is 3.46. The molecule has 0 aromatic heterocycles. The molecule has 0 heterocycles. The molecule has 4 aliphatic carbocycles. The molecule has 4 bridgehead atoms. The van der Waals surface area contributed by atoms with Crippen molar-refractivity contribution in [3.63, 3.8) is 0 Å². The van der Waals surface area contributed by atoms with Crippen LogP contribution in [-0.2, 0) is 5.41 Å². The minimum atomic E-state index is 0.534. The van der Waals surface area contributed by atoms with Gasteiger partial charge in [0, 0.05) is 0 Å². The van der Waals surface area contributed by atoms with Gasteiger partial charge in [0.2, 0.25) is 0 Å². The maximum absolute atomic E-state index is 3.46. The first-order valence-electron chi connectivity index (χ1n) is 8.42. The van der Waals surface area contributed by atoms with Crippen LogP contribution in [0, 0.1) is 30.6 Å². The summed E-state index contributed by atoms with van der Waals surface area (Å²) in [5.74, 6) is 3.93. The molecule has 1 aromatic rings. The van der Waals surface area contributed by atoms with Crippen molar-refractivity contribution < 1.29 is 0 Å². The maximum atomic E-state index is 3.46. The molecule has 20 heavy (non-hydrogen) atoms. The Kier molecular flexibility index (Phi) is 2.96. The summed E-state index contributed by atoms with van der Waals surface area (Å²) >= 11 is 0. The highest BCUT2D eigenvalue weighted by atomic mass is 14.8. The van der Waals surface area contributed by atoms with E-state index in [2.05, 4.69) is 43.6 Å². The minimum Gasteiger partial charge on any atom is -0.319 e. The Balaban J connectivity index is 1.68. The number of hydrogen-bond donors (Lipinski definition) is 1. The highest BCUT2D eigenvalue weighted by Gasteiger charge is 2.55. The first-order valence-corrected chi connectivity index (χ1v) is 8.42. The van der Waals surface area contributed by atoms with E-state index < -0.39 is 0 Å². The van der Waals surface area contributed by atoms with Crippen LogP contribution in [0.4, 0.5) is 0 Å². The molecule has 108 valence electrons. The molecule has 0 spiro atoms. The molecule has 1 nitrogen and oxygen atoms in total. The minimum absolute atomic E-state index is 0.534. The van der Waals surface area contributed by atoms with Crippen LogP contribution in [0.2, 0.25) is 0 Å². The highest BCUT2D eigenvalue weighted by Crippen LogP contribution is 2.62. The van der Waals surface area contributed by atoms with E-state index >= 15 is 0 Å². The molecule has 2 unspecified atom stereocenters. The van der Waals surface area contributed by atoms with E-state index in [1.807, 2.05) is 0 Å². The number of nitrogens with one attached hydrogen (secondary N) is 1. The Morgan fingerprint density at radius 2 is 1.90 bits per heavy atom. The summed E-state index contributed by atoms with van der Waals surface area (Å²) in [5.41, 5.74) is 3.62. The van der Waals surface area contributed by atoms with Gasteiger partial charge in [-0.25, -0.2) is 0 Å². The Hall–Kier alpha value is -0.820. The summed E-state index contributed by atoms with van der Waals surface area (Å²) in [6, 6.07) is 9.40. The van der Waals surface area contributed by atoms with Gasteiger partial charge >= 0.3 is 0 Å². The van der Waals surface area contributed by atoms with Gasteiger partial charge in [0.05, 0.1) is 0 Å². The molecule has 4 saturated carbocycles. The molecule has 1 aromatic carbocycles. The van der Waals surface area contributed by atoms with Gasteiger partial charge in [-0.1, -0.05) is 29.8 Å². The lowest BCUT2D eigenvalue weighted by molar-refractivity contribution is -0.0547. The van der Waals surface area contributed by atoms with E-state index in [9.17, 15) is 0 Å². The SMILES string of the molecule is CNCC1C2CC3CC1CC(c1cccc(C)c1)(C3)C2. The van der Waals surface area contributed by atoms with Crippen LogP contribution < -0.4 is 5.32 Å². The molecule has 4 aliphatic rings. The monoisotopic (exact) mass is 269 g/mol. The second-order valence-electron chi connectivity index (χ2n) is 7.84. The molecule has 5 rings (SSSR count). The lowest BCUT2D eigenvalue weighted by Crippen LogP contribution is -2.54. The van der Waals surface area contributed by atoms with E-state index in [1.165, 1.54) is 44.2 Å². The van der Waals surface area contributed by atoms with Crippen molar-refractivity contribution in [2.45, 2.75) is 44.4 Å². The van der Waals surface area contributed by atoms with Crippen LogP contribution in [0.1, 0.15) is 43.2 Å². The summed E-state index contributed by atoms with van der Waals surface area (Å²) in [7, 11) is 2.13. The molecule has 0 radical (unpaired) electrons. The smallest absolute Gasteiger partial charge is 0.00182 e. The average Bonchev–Trinajstić information content (AvgIpc) is 2.42. The molecule has 4 fully saturated rings. The fraction of sp³-hybridized carbons (Fsp3) is 0.684. The van der Waals surface area contributed by atoms with E-state index in [0.29, 0.717) is 5.41 Å². The van der Waals surface area contributed by atoms with Crippen LogP contribution in [0.25, 0.3) is 0 Å². The van der Waals surface area contributed by atoms with Crippen LogP contribution in [0.3, 0.4) is 0 Å². The van der Waals surface area contributed by atoms with Crippen molar-refractivity contribution in [1.82, 2.24) is 5.32 Å². The van der Waals surface area contributed by atoms with E-state index in [0.717, 1.165) is 23.7 Å². The van der Waals surface area contributed by atoms with Crippen molar-refractivity contribution in [2.75, 3.05) is 13.6 Å². The Morgan fingerprint density at radius 1 is 1.15 bits per heavy atom. The number of hydrogen-bond acceptors (Lipinski definition) is 1. The topological polar surface area (TPSA) is 12.0 Å². The van der Waals surface area contributed by atoms with E-state index in [-0.39, 0.29) is 0 Å². The van der Waals surface area contributed by atoms with Crippen molar-refractivity contribution >= 4 is 0 Å². The van der Waals surface area contributed by atoms with Gasteiger partial charge in [-0.15, -0.1) is 0 Å². The summed E-state index contributed by atoms with van der Waals surface area (Å²) in [6.07, 6.45) is 7.40. The normalized spacial score (nSPS) is 42.1. The van der Waals surface area contributed by atoms with Gasteiger partial charge in [-0.3, -0.25) is 0 Å². The molecule has 0 saturated heterocycles. The number of aryl methyl sites for hydroxylation is 1. The van der Waals surface area contributed by atoms with E-state index in [1.54, 1.807) is 5.56 Å². The predicted molar refractivity (Wildman–Crippen MR) is 83.8 cm³/mol. The molecule has 2 atom stereocenters. The summed E-state index contributed by atoms with van der Waals surface area (Å²) < 4.78 is 0. The third kappa shape index (κ3) is 1.86.